The third-order valence-corrected chi connectivity index (χ3v) is 8.09. The van der Waals surface area contributed by atoms with E-state index in [4.69, 9.17) is 9.72 Å². The first-order valence-corrected chi connectivity index (χ1v) is 12.1. The molecule has 7 heteroatoms. The van der Waals surface area contributed by atoms with E-state index in [1.54, 1.807) is 0 Å². The summed E-state index contributed by atoms with van der Waals surface area (Å²) < 4.78 is 6.15. The molecule has 0 radical (unpaired) electrons. The van der Waals surface area contributed by atoms with Crippen molar-refractivity contribution < 1.29 is 9.84 Å². The molecule has 1 spiro atoms. The van der Waals surface area contributed by atoms with Crippen molar-refractivity contribution in [2.75, 3.05) is 19.7 Å². The second-order valence-corrected chi connectivity index (χ2v) is 9.97. The molecule has 0 amide bonds. The number of aromatic nitrogens is 2. The number of aromatic hydroxyl groups is 1. The zero-order valence-corrected chi connectivity index (χ0v) is 18.7. The topological polar surface area (TPSA) is 94.2 Å². The number of nitrogens with zero attached hydrogens (tertiary/aromatic N) is 1. The molecule has 4 atom stereocenters. The van der Waals surface area contributed by atoms with Crippen molar-refractivity contribution in [2.24, 2.45) is 5.92 Å². The highest BCUT2D eigenvalue weighted by Crippen LogP contribution is 2.44. The third-order valence-electron chi connectivity index (χ3n) is 8.09. The van der Waals surface area contributed by atoms with Crippen LogP contribution in [0.1, 0.15) is 67.2 Å². The van der Waals surface area contributed by atoms with E-state index in [1.807, 2.05) is 18.3 Å². The second kappa shape index (κ2) is 7.99. The van der Waals surface area contributed by atoms with Crippen LogP contribution in [0.3, 0.4) is 0 Å². The van der Waals surface area contributed by atoms with Gasteiger partial charge < -0.3 is 20.1 Å². The Kier molecular flexibility index (Phi) is 5.10. The number of aromatic amines is 1. The first-order valence-electron chi connectivity index (χ1n) is 12.1. The molecule has 2 aromatic rings. The molecule has 5 N–H and O–H groups in total. The van der Waals surface area contributed by atoms with E-state index in [2.05, 4.69) is 40.2 Å². The quantitative estimate of drug-likeness (QED) is 0.507. The lowest BCUT2D eigenvalue weighted by atomic mass is 9.73. The summed E-state index contributed by atoms with van der Waals surface area (Å²) in [5.74, 6) is 2.44. The fourth-order valence-electron chi connectivity index (χ4n) is 6.07. The normalized spacial score (nSPS) is 31.2. The summed E-state index contributed by atoms with van der Waals surface area (Å²) in [7, 11) is 0. The number of ether oxygens (including phenoxy) is 1. The van der Waals surface area contributed by atoms with Crippen LogP contribution >= 0.6 is 0 Å². The number of phenols is 1. The first-order chi connectivity index (χ1) is 15.6. The second-order valence-electron chi connectivity index (χ2n) is 9.97. The van der Waals surface area contributed by atoms with Crippen molar-refractivity contribution in [3.05, 3.63) is 53.1 Å². The fourth-order valence-corrected chi connectivity index (χ4v) is 6.07. The smallest absolute Gasteiger partial charge is 0.125 e. The number of hydrazine groups is 1. The molecule has 3 fully saturated rings. The van der Waals surface area contributed by atoms with E-state index >= 15 is 0 Å². The summed E-state index contributed by atoms with van der Waals surface area (Å²) in [6.07, 6.45) is 9.63. The minimum atomic E-state index is 0.0320. The maximum absolute atomic E-state index is 9.87. The van der Waals surface area contributed by atoms with E-state index < -0.39 is 0 Å². The molecule has 4 aliphatic rings. The van der Waals surface area contributed by atoms with Gasteiger partial charge in [0.1, 0.15) is 11.6 Å². The summed E-state index contributed by atoms with van der Waals surface area (Å²) in [5, 5.41) is 13.2. The Hall–Kier alpha value is -2.19. The molecule has 2 saturated heterocycles. The van der Waals surface area contributed by atoms with Gasteiger partial charge in [0.05, 0.1) is 30.1 Å². The molecular weight excluding hydrogens is 402 g/mol. The predicted octanol–water partition coefficient (Wildman–Crippen LogP) is 2.92. The van der Waals surface area contributed by atoms with Crippen LogP contribution in [-0.4, -0.2) is 46.4 Å². The van der Waals surface area contributed by atoms with Crippen molar-refractivity contribution in [1.82, 2.24) is 26.1 Å². The molecule has 4 heterocycles. The Morgan fingerprint density at radius 2 is 2.12 bits per heavy atom. The zero-order valence-electron chi connectivity index (χ0n) is 18.7. The highest BCUT2D eigenvalue weighted by Gasteiger charge is 2.43. The highest BCUT2D eigenvalue weighted by molar-refractivity contribution is 5.64. The monoisotopic (exact) mass is 435 g/mol. The van der Waals surface area contributed by atoms with Crippen LogP contribution in [0.5, 0.6) is 5.75 Å². The number of fused-ring (bicyclic) bond motifs is 1. The molecule has 1 aromatic carbocycles. The van der Waals surface area contributed by atoms with Gasteiger partial charge >= 0.3 is 0 Å². The number of aryl methyl sites for hydroxylation is 1. The van der Waals surface area contributed by atoms with E-state index in [1.165, 1.54) is 23.1 Å². The maximum Gasteiger partial charge on any atom is 0.125 e. The number of imidazole rings is 1. The molecular formula is C25H33N5O2. The van der Waals surface area contributed by atoms with Crippen LogP contribution in [0, 0.1) is 5.92 Å². The predicted molar refractivity (Wildman–Crippen MR) is 123 cm³/mol. The Labute approximate surface area is 189 Å². The van der Waals surface area contributed by atoms with Crippen LogP contribution in [-0.2, 0) is 11.2 Å². The van der Waals surface area contributed by atoms with Crippen LogP contribution < -0.4 is 16.2 Å². The minimum Gasteiger partial charge on any atom is -0.508 e. The summed E-state index contributed by atoms with van der Waals surface area (Å²) >= 11 is 0. The number of benzene rings is 1. The summed E-state index contributed by atoms with van der Waals surface area (Å²) in [5.41, 5.74) is 12.1. The molecule has 0 bridgehead atoms. The van der Waals surface area contributed by atoms with E-state index in [9.17, 15) is 5.11 Å². The molecule has 170 valence electrons. The molecule has 1 aromatic heterocycles. The van der Waals surface area contributed by atoms with Gasteiger partial charge in [0.2, 0.25) is 0 Å². The fraction of sp³-hybridized carbons (Fsp3) is 0.560. The average molecular weight is 436 g/mol. The molecule has 4 unspecified atom stereocenters. The number of H-pyrrole nitrogens is 1. The third kappa shape index (κ3) is 3.48. The van der Waals surface area contributed by atoms with Crippen molar-refractivity contribution in [3.8, 4) is 5.75 Å². The lowest BCUT2D eigenvalue weighted by molar-refractivity contribution is -0.0692. The number of hydrogen-bond acceptors (Lipinski definition) is 6. The number of phenolic OH excluding ortho intramolecular Hbond substituents is 1. The Morgan fingerprint density at radius 3 is 2.88 bits per heavy atom. The molecule has 7 nitrogen and oxygen atoms in total. The zero-order chi connectivity index (χ0) is 21.7. The van der Waals surface area contributed by atoms with Gasteiger partial charge in [0.15, 0.2) is 0 Å². The number of rotatable bonds is 4. The first kappa shape index (κ1) is 20.4. The lowest BCUT2D eigenvalue weighted by Crippen LogP contribution is -2.61. The summed E-state index contributed by atoms with van der Waals surface area (Å²) in [4.78, 5) is 8.34. The number of nitrogens with one attached hydrogen (secondary N) is 4. The highest BCUT2D eigenvalue weighted by atomic mass is 16.5. The van der Waals surface area contributed by atoms with Crippen molar-refractivity contribution >= 4 is 5.57 Å². The molecule has 1 aliphatic carbocycles. The SMILES string of the molecule is CCc1cc(O)ccc1C1CCC2C(C1)NNC2c1ncc(C2=CCC3(CNC3)OC2)[nH]1. The van der Waals surface area contributed by atoms with Crippen LogP contribution in [0.2, 0.25) is 0 Å². The minimum absolute atomic E-state index is 0.0320. The van der Waals surface area contributed by atoms with Crippen molar-refractivity contribution in [1.29, 1.82) is 0 Å². The van der Waals surface area contributed by atoms with Gasteiger partial charge in [-0.05, 0) is 72.8 Å². The van der Waals surface area contributed by atoms with Gasteiger partial charge in [0, 0.05) is 19.1 Å². The Balaban J connectivity index is 1.14. The number of hydrogen-bond donors (Lipinski definition) is 5. The van der Waals surface area contributed by atoms with Crippen LogP contribution in [0.25, 0.3) is 5.57 Å². The molecule has 32 heavy (non-hydrogen) atoms. The lowest BCUT2D eigenvalue weighted by Gasteiger charge is -2.44. The summed E-state index contributed by atoms with van der Waals surface area (Å²) in [6, 6.07) is 6.52. The Morgan fingerprint density at radius 1 is 1.22 bits per heavy atom. The van der Waals surface area contributed by atoms with Crippen LogP contribution in [0.15, 0.2) is 30.5 Å². The van der Waals surface area contributed by atoms with E-state index in [-0.39, 0.29) is 11.6 Å². The van der Waals surface area contributed by atoms with Gasteiger partial charge in [-0.3, -0.25) is 5.43 Å². The standard InChI is InChI=1S/C25H33N5O2/c1-2-15-9-18(31)4-6-19(15)16-3-5-20-21(10-16)29-30-23(20)24-27-11-22(28-24)17-7-8-25(32-12-17)13-26-14-25/h4,6-7,9,11,16,20-21,23,26,29-31H,2-3,5,8,10,12-14H2,1H3,(H,27,28). The molecule has 6 rings (SSSR count). The average Bonchev–Trinajstić information content (AvgIpc) is 3.44. The maximum atomic E-state index is 9.87. The van der Waals surface area contributed by atoms with E-state index in [0.717, 1.165) is 50.3 Å². The van der Waals surface area contributed by atoms with Gasteiger partial charge in [-0.25, -0.2) is 10.4 Å². The van der Waals surface area contributed by atoms with Gasteiger partial charge in [0.25, 0.3) is 0 Å². The molecule has 3 aliphatic heterocycles. The van der Waals surface area contributed by atoms with Gasteiger partial charge in [-0.15, -0.1) is 0 Å². The largest absolute Gasteiger partial charge is 0.508 e. The van der Waals surface area contributed by atoms with Crippen LogP contribution in [0.4, 0.5) is 0 Å². The summed E-state index contributed by atoms with van der Waals surface area (Å²) in [6.45, 7) is 4.73. The van der Waals surface area contributed by atoms with Crippen molar-refractivity contribution in [2.45, 2.75) is 62.6 Å². The van der Waals surface area contributed by atoms with Crippen molar-refractivity contribution in [3.63, 3.8) is 0 Å². The van der Waals surface area contributed by atoms with E-state index in [0.29, 0.717) is 30.2 Å². The van der Waals surface area contributed by atoms with Gasteiger partial charge in [-0.1, -0.05) is 19.1 Å². The van der Waals surface area contributed by atoms with Gasteiger partial charge in [-0.2, -0.15) is 0 Å². The Bertz CT molecular complexity index is 1030. The molecule has 1 saturated carbocycles.